The first kappa shape index (κ1) is 20.6. The molecule has 6 heteroatoms. The SMILES string of the molecule is Cc1ccc(N(CC(=O)NCc2cccc(C)c2)S(=O)(=O)c2ccccc2)cc1. The second kappa shape index (κ2) is 8.92. The van der Waals surface area contributed by atoms with Gasteiger partial charge in [-0.2, -0.15) is 0 Å². The van der Waals surface area contributed by atoms with E-state index in [4.69, 9.17) is 0 Å². The molecule has 0 aromatic heterocycles. The fourth-order valence-electron chi connectivity index (χ4n) is 2.95. The third-order valence-corrected chi connectivity index (χ3v) is 6.30. The summed E-state index contributed by atoms with van der Waals surface area (Å²) in [5, 5.41) is 2.82. The molecule has 3 aromatic rings. The molecule has 0 unspecified atom stereocenters. The highest BCUT2D eigenvalue weighted by Crippen LogP contribution is 2.23. The first-order valence-electron chi connectivity index (χ1n) is 9.33. The number of nitrogens with zero attached hydrogens (tertiary/aromatic N) is 1. The molecule has 0 aliphatic carbocycles. The number of rotatable bonds is 7. The van der Waals surface area contributed by atoms with Crippen LogP contribution in [-0.4, -0.2) is 20.9 Å². The molecule has 0 atom stereocenters. The monoisotopic (exact) mass is 408 g/mol. The second-order valence-corrected chi connectivity index (χ2v) is 8.79. The van der Waals surface area contributed by atoms with Gasteiger partial charge in [-0.3, -0.25) is 9.10 Å². The normalized spacial score (nSPS) is 11.1. The van der Waals surface area contributed by atoms with Gasteiger partial charge >= 0.3 is 0 Å². The fourth-order valence-corrected chi connectivity index (χ4v) is 4.40. The number of amides is 1. The molecule has 29 heavy (non-hydrogen) atoms. The van der Waals surface area contributed by atoms with Gasteiger partial charge < -0.3 is 5.32 Å². The average molecular weight is 409 g/mol. The maximum absolute atomic E-state index is 13.2. The zero-order valence-electron chi connectivity index (χ0n) is 16.5. The Morgan fingerprint density at radius 2 is 1.55 bits per heavy atom. The number of benzene rings is 3. The second-order valence-electron chi connectivity index (χ2n) is 6.93. The summed E-state index contributed by atoms with van der Waals surface area (Å²) in [6.45, 7) is 3.95. The highest BCUT2D eigenvalue weighted by atomic mass is 32.2. The van der Waals surface area contributed by atoms with Gasteiger partial charge in [-0.25, -0.2) is 8.42 Å². The van der Waals surface area contributed by atoms with Crippen molar-refractivity contribution in [3.05, 3.63) is 95.6 Å². The first-order chi connectivity index (χ1) is 13.9. The zero-order chi connectivity index (χ0) is 20.9. The van der Waals surface area contributed by atoms with Gasteiger partial charge in [0, 0.05) is 6.54 Å². The predicted molar refractivity (Wildman–Crippen MR) is 115 cm³/mol. The molecule has 1 N–H and O–H groups in total. The molecule has 0 saturated carbocycles. The largest absolute Gasteiger partial charge is 0.350 e. The number of hydrogen-bond acceptors (Lipinski definition) is 3. The topological polar surface area (TPSA) is 66.5 Å². The minimum atomic E-state index is -3.88. The number of carbonyl (C=O) groups excluding carboxylic acids is 1. The lowest BCUT2D eigenvalue weighted by atomic mass is 10.1. The zero-order valence-corrected chi connectivity index (χ0v) is 17.3. The standard InChI is InChI=1S/C23H24N2O3S/c1-18-11-13-21(14-12-18)25(29(27,28)22-9-4-3-5-10-22)17-23(26)24-16-20-8-6-7-19(2)15-20/h3-15H,16-17H2,1-2H3,(H,24,26). The number of sulfonamides is 1. The molecule has 0 bridgehead atoms. The summed E-state index contributed by atoms with van der Waals surface area (Å²) in [4.78, 5) is 12.8. The van der Waals surface area contributed by atoms with Gasteiger partial charge in [0.2, 0.25) is 5.91 Å². The van der Waals surface area contributed by atoms with Crippen molar-refractivity contribution in [1.82, 2.24) is 5.32 Å². The lowest BCUT2D eigenvalue weighted by Crippen LogP contribution is -2.40. The summed E-state index contributed by atoms with van der Waals surface area (Å²) in [7, 11) is -3.88. The number of nitrogens with one attached hydrogen (secondary N) is 1. The molecule has 150 valence electrons. The van der Waals surface area contributed by atoms with E-state index in [2.05, 4.69) is 5.32 Å². The lowest BCUT2D eigenvalue weighted by molar-refractivity contribution is -0.119. The van der Waals surface area contributed by atoms with Crippen LogP contribution in [0.4, 0.5) is 5.69 Å². The van der Waals surface area contributed by atoms with Gasteiger partial charge in [0.05, 0.1) is 10.6 Å². The van der Waals surface area contributed by atoms with Crippen molar-refractivity contribution in [1.29, 1.82) is 0 Å². The molecular weight excluding hydrogens is 384 g/mol. The van der Waals surface area contributed by atoms with E-state index >= 15 is 0 Å². The van der Waals surface area contributed by atoms with E-state index in [1.165, 1.54) is 12.1 Å². The van der Waals surface area contributed by atoms with Crippen molar-refractivity contribution in [2.75, 3.05) is 10.8 Å². The van der Waals surface area contributed by atoms with Crippen molar-refractivity contribution >= 4 is 21.6 Å². The molecule has 0 radical (unpaired) electrons. The van der Waals surface area contributed by atoms with Gasteiger partial charge in [-0.1, -0.05) is 65.7 Å². The quantitative estimate of drug-likeness (QED) is 0.646. The summed E-state index contributed by atoms with van der Waals surface area (Å²) >= 11 is 0. The highest BCUT2D eigenvalue weighted by Gasteiger charge is 2.26. The Labute approximate surface area is 172 Å². The molecule has 3 rings (SSSR count). The molecular formula is C23H24N2O3S. The third kappa shape index (κ3) is 5.23. The van der Waals surface area contributed by atoms with E-state index in [1.54, 1.807) is 30.3 Å². The predicted octanol–water partition coefficient (Wildman–Crippen LogP) is 3.82. The van der Waals surface area contributed by atoms with E-state index in [0.29, 0.717) is 12.2 Å². The van der Waals surface area contributed by atoms with Crippen LogP contribution in [0.25, 0.3) is 0 Å². The van der Waals surface area contributed by atoms with Crippen LogP contribution < -0.4 is 9.62 Å². The summed E-state index contributed by atoms with van der Waals surface area (Å²) in [6.07, 6.45) is 0. The van der Waals surface area contributed by atoms with Crippen LogP contribution in [0.3, 0.4) is 0 Å². The summed E-state index contributed by atoms with van der Waals surface area (Å²) in [5.41, 5.74) is 3.52. The van der Waals surface area contributed by atoms with Crippen LogP contribution in [0.15, 0.2) is 83.8 Å². The fraction of sp³-hybridized carbons (Fsp3) is 0.174. The van der Waals surface area contributed by atoms with Gasteiger partial charge in [-0.15, -0.1) is 0 Å². The first-order valence-corrected chi connectivity index (χ1v) is 10.8. The van der Waals surface area contributed by atoms with E-state index < -0.39 is 10.0 Å². The number of aryl methyl sites for hydroxylation is 2. The lowest BCUT2D eigenvalue weighted by Gasteiger charge is -2.24. The molecule has 1 amide bonds. The van der Waals surface area contributed by atoms with E-state index in [0.717, 1.165) is 21.0 Å². The van der Waals surface area contributed by atoms with Crippen LogP contribution >= 0.6 is 0 Å². The van der Waals surface area contributed by atoms with Crippen LogP contribution in [0.1, 0.15) is 16.7 Å². The maximum atomic E-state index is 13.2. The molecule has 3 aromatic carbocycles. The minimum Gasteiger partial charge on any atom is -0.350 e. The maximum Gasteiger partial charge on any atom is 0.264 e. The molecule has 0 aliphatic rings. The van der Waals surface area contributed by atoms with Gasteiger partial charge in [-0.05, 0) is 43.7 Å². The molecule has 0 heterocycles. The van der Waals surface area contributed by atoms with Crippen LogP contribution in [-0.2, 0) is 21.4 Å². The summed E-state index contributed by atoms with van der Waals surface area (Å²) < 4.78 is 27.6. The molecule has 0 fully saturated rings. The minimum absolute atomic E-state index is 0.145. The van der Waals surface area contributed by atoms with Crippen molar-refractivity contribution < 1.29 is 13.2 Å². The van der Waals surface area contributed by atoms with E-state index in [9.17, 15) is 13.2 Å². The summed E-state index contributed by atoms with van der Waals surface area (Å²) in [6, 6.07) is 23.0. The average Bonchev–Trinajstić information content (AvgIpc) is 2.72. The Hall–Kier alpha value is -3.12. The number of carbonyl (C=O) groups is 1. The Morgan fingerprint density at radius 1 is 0.862 bits per heavy atom. The van der Waals surface area contributed by atoms with E-state index in [1.807, 2.05) is 50.2 Å². The Bertz CT molecular complexity index is 1080. The van der Waals surface area contributed by atoms with Crippen LogP contribution in [0.5, 0.6) is 0 Å². The smallest absolute Gasteiger partial charge is 0.264 e. The van der Waals surface area contributed by atoms with Crippen molar-refractivity contribution in [2.24, 2.45) is 0 Å². The number of hydrogen-bond donors (Lipinski definition) is 1. The molecule has 5 nitrogen and oxygen atoms in total. The number of anilines is 1. The Morgan fingerprint density at radius 3 is 2.21 bits per heavy atom. The van der Waals surface area contributed by atoms with E-state index in [-0.39, 0.29) is 17.3 Å². The van der Waals surface area contributed by atoms with Gasteiger partial charge in [0.1, 0.15) is 6.54 Å². The molecule has 0 saturated heterocycles. The Balaban J connectivity index is 1.83. The van der Waals surface area contributed by atoms with Crippen molar-refractivity contribution in [3.8, 4) is 0 Å². The molecule has 0 spiro atoms. The van der Waals surface area contributed by atoms with Crippen molar-refractivity contribution in [3.63, 3.8) is 0 Å². The molecule has 0 aliphatic heterocycles. The third-order valence-electron chi connectivity index (χ3n) is 4.51. The summed E-state index contributed by atoms with van der Waals surface area (Å²) in [5.74, 6) is -0.369. The van der Waals surface area contributed by atoms with Crippen molar-refractivity contribution in [2.45, 2.75) is 25.3 Å². The van der Waals surface area contributed by atoms with Gasteiger partial charge in [0.25, 0.3) is 10.0 Å². The Kier molecular flexibility index (Phi) is 6.34. The highest BCUT2D eigenvalue weighted by molar-refractivity contribution is 7.92. The van der Waals surface area contributed by atoms with Gasteiger partial charge in [0.15, 0.2) is 0 Å². The van der Waals surface area contributed by atoms with Crippen LogP contribution in [0.2, 0.25) is 0 Å². The van der Waals surface area contributed by atoms with Crippen LogP contribution in [0, 0.1) is 13.8 Å².